The van der Waals surface area contributed by atoms with Gasteiger partial charge in [-0.1, -0.05) is 0 Å². The van der Waals surface area contributed by atoms with Gasteiger partial charge in [0.05, 0.1) is 7.11 Å². The fraction of sp³-hybridized carbons (Fsp3) is 0.450. The van der Waals surface area contributed by atoms with E-state index in [2.05, 4.69) is 15.5 Å². The Kier molecular flexibility index (Phi) is 4.80. The number of benzene rings is 1. The van der Waals surface area contributed by atoms with Crippen LogP contribution >= 0.6 is 0 Å². The maximum absolute atomic E-state index is 12.7. The molecular formula is C20H24N4O4. The van der Waals surface area contributed by atoms with Crippen molar-refractivity contribution in [1.29, 1.82) is 0 Å². The second-order valence-corrected chi connectivity index (χ2v) is 7.13. The first kappa shape index (κ1) is 18.5. The lowest BCUT2D eigenvalue weighted by molar-refractivity contribution is 0.0879. The Bertz CT molecular complexity index is 1020. The zero-order valence-corrected chi connectivity index (χ0v) is 16.2. The van der Waals surface area contributed by atoms with Crippen LogP contribution in [-0.4, -0.2) is 38.9 Å². The number of aryl methyl sites for hydroxylation is 1. The number of furan rings is 1. The van der Waals surface area contributed by atoms with Gasteiger partial charge in [0.2, 0.25) is 0 Å². The summed E-state index contributed by atoms with van der Waals surface area (Å²) < 4.78 is 13.0. The SMILES string of the molecule is CCn1c(CO)nnc1C1CC(NC(=O)c2oc3cc(OC)ccc3c2C)C1. The predicted molar refractivity (Wildman–Crippen MR) is 102 cm³/mol. The third kappa shape index (κ3) is 3.03. The quantitative estimate of drug-likeness (QED) is 0.677. The van der Waals surface area contributed by atoms with Crippen molar-refractivity contribution in [2.24, 2.45) is 0 Å². The molecule has 2 heterocycles. The molecule has 1 aliphatic rings. The van der Waals surface area contributed by atoms with E-state index in [1.54, 1.807) is 13.2 Å². The van der Waals surface area contributed by atoms with Crippen molar-refractivity contribution in [3.63, 3.8) is 0 Å². The van der Waals surface area contributed by atoms with Crippen molar-refractivity contribution < 1.29 is 19.1 Å². The maximum atomic E-state index is 12.7. The van der Waals surface area contributed by atoms with E-state index in [0.29, 0.717) is 29.5 Å². The van der Waals surface area contributed by atoms with Gasteiger partial charge in [0, 0.05) is 35.5 Å². The van der Waals surface area contributed by atoms with Crippen LogP contribution in [0.5, 0.6) is 5.75 Å². The van der Waals surface area contributed by atoms with Gasteiger partial charge in [-0.05, 0) is 38.8 Å². The first-order chi connectivity index (χ1) is 13.5. The van der Waals surface area contributed by atoms with Crippen molar-refractivity contribution in [3.05, 3.63) is 41.2 Å². The molecule has 0 unspecified atom stereocenters. The van der Waals surface area contributed by atoms with Gasteiger partial charge in [0.25, 0.3) is 5.91 Å². The highest BCUT2D eigenvalue weighted by Gasteiger charge is 2.36. The average Bonchev–Trinajstić information content (AvgIpc) is 3.24. The molecule has 1 fully saturated rings. The molecule has 0 atom stereocenters. The van der Waals surface area contributed by atoms with Gasteiger partial charge in [0.1, 0.15) is 23.8 Å². The van der Waals surface area contributed by atoms with Crippen LogP contribution in [0, 0.1) is 6.92 Å². The molecule has 148 valence electrons. The Morgan fingerprint density at radius 3 is 2.86 bits per heavy atom. The van der Waals surface area contributed by atoms with Crippen LogP contribution in [0.2, 0.25) is 0 Å². The Labute approximate surface area is 162 Å². The van der Waals surface area contributed by atoms with Crippen LogP contribution in [-0.2, 0) is 13.2 Å². The Morgan fingerprint density at radius 2 is 2.18 bits per heavy atom. The van der Waals surface area contributed by atoms with Crippen molar-refractivity contribution in [1.82, 2.24) is 20.1 Å². The summed E-state index contributed by atoms with van der Waals surface area (Å²) in [6, 6.07) is 5.61. The monoisotopic (exact) mass is 384 g/mol. The molecule has 8 nitrogen and oxygen atoms in total. The van der Waals surface area contributed by atoms with Crippen LogP contribution in [0.3, 0.4) is 0 Å². The number of hydrogen-bond donors (Lipinski definition) is 2. The number of methoxy groups -OCH3 is 1. The molecule has 0 saturated heterocycles. The highest BCUT2D eigenvalue weighted by molar-refractivity contribution is 5.99. The van der Waals surface area contributed by atoms with Gasteiger partial charge in [-0.3, -0.25) is 4.79 Å². The zero-order valence-electron chi connectivity index (χ0n) is 16.2. The fourth-order valence-corrected chi connectivity index (χ4v) is 3.86. The van der Waals surface area contributed by atoms with E-state index in [0.717, 1.165) is 29.6 Å². The number of hydrogen-bond acceptors (Lipinski definition) is 6. The maximum Gasteiger partial charge on any atom is 0.287 e. The van der Waals surface area contributed by atoms with Crippen molar-refractivity contribution in [2.45, 2.75) is 51.8 Å². The highest BCUT2D eigenvalue weighted by atomic mass is 16.5. The summed E-state index contributed by atoms with van der Waals surface area (Å²) in [5.41, 5.74) is 1.46. The summed E-state index contributed by atoms with van der Waals surface area (Å²) in [5, 5.41) is 21.6. The molecule has 0 bridgehead atoms. The molecule has 8 heteroatoms. The lowest BCUT2D eigenvalue weighted by Gasteiger charge is -2.35. The van der Waals surface area contributed by atoms with E-state index >= 15 is 0 Å². The van der Waals surface area contributed by atoms with E-state index in [1.807, 2.05) is 30.5 Å². The summed E-state index contributed by atoms with van der Waals surface area (Å²) in [4.78, 5) is 12.7. The van der Waals surface area contributed by atoms with Gasteiger partial charge >= 0.3 is 0 Å². The molecule has 4 rings (SSSR count). The van der Waals surface area contributed by atoms with Gasteiger partial charge < -0.3 is 24.1 Å². The number of aliphatic hydroxyl groups is 1. The number of carbonyl (C=O) groups is 1. The van der Waals surface area contributed by atoms with Crippen LogP contribution < -0.4 is 10.1 Å². The molecule has 1 amide bonds. The minimum atomic E-state index is -0.205. The molecule has 1 aliphatic carbocycles. The number of nitrogens with one attached hydrogen (secondary N) is 1. The highest BCUT2D eigenvalue weighted by Crippen LogP contribution is 2.37. The number of ether oxygens (including phenoxy) is 1. The Hall–Kier alpha value is -2.87. The number of carbonyl (C=O) groups excluding carboxylic acids is 1. The van der Waals surface area contributed by atoms with Crippen molar-refractivity contribution >= 4 is 16.9 Å². The van der Waals surface area contributed by atoms with Gasteiger partial charge in [-0.25, -0.2) is 0 Å². The molecule has 28 heavy (non-hydrogen) atoms. The number of nitrogens with zero attached hydrogens (tertiary/aromatic N) is 3. The fourth-order valence-electron chi connectivity index (χ4n) is 3.86. The average molecular weight is 384 g/mol. The molecule has 2 N–H and O–H groups in total. The molecule has 0 radical (unpaired) electrons. The zero-order chi connectivity index (χ0) is 19.8. The van der Waals surface area contributed by atoms with E-state index in [-0.39, 0.29) is 24.5 Å². The number of rotatable bonds is 6. The summed E-state index contributed by atoms with van der Waals surface area (Å²) in [7, 11) is 1.60. The van der Waals surface area contributed by atoms with E-state index < -0.39 is 0 Å². The predicted octanol–water partition coefficient (Wildman–Crippen LogP) is 2.53. The van der Waals surface area contributed by atoms with Gasteiger partial charge in [-0.2, -0.15) is 0 Å². The lowest BCUT2D eigenvalue weighted by atomic mass is 9.79. The van der Waals surface area contributed by atoms with E-state index in [4.69, 9.17) is 9.15 Å². The summed E-state index contributed by atoms with van der Waals surface area (Å²) in [6.07, 6.45) is 1.59. The van der Waals surface area contributed by atoms with Crippen LogP contribution in [0.25, 0.3) is 11.0 Å². The van der Waals surface area contributed by atoms with Gasteiger partial charge in [-0.15, -0.1) is 10.2 Å². The number of aromatic nitrogens is 3. The summed E-state index contributed by atoms with van der Waals surface area (Å²) in [5.74, 6) is 2.52. The number of aliphatic hydroxyl groups excluding tert-OH is 1. The first-order valence-corrected chi connectivity index (χ1v) is 9.46. The lowest BCUT2D eigenvalue weighted by Crippen LogP contribution is -2.44. The molecule has 3 aromatic rings. The topological polar surface area (TPSA) is 102 Å². The van der Waals surface area contributed by atoms with Gasteiger partial charge in [0.15, 0.2) is 11.6 Å². The third-order valence-corrected chi connectivity index (χ3v) is 5.50. The molecule has 0 spiro atoms. The third-order valence-electron chi connectivity index (χ3n) is 5.50. The molecule has 0 aliphatic heterocycles. The largest absolute Gasteiger partial charge is 0.497 e. The summed E-state index contributed by atoms with van der Waals surface area (Å²) >= 11 is 0. The van der Waals surface area contributed by atoms with Crippen LogP contribution in [0.15, 0.2) is 22.6 Å². The normalized spacial score (nSPS) is 18.9. The standard InChI is InChI=1S/C20H24N4O4/c1-4-24-17(10-25)22-23-19(24)12-7-13(8-12)21-20(26)18-11(2)15-6-5-14(27-3)9-16(15)28-18/h5-6,9,12-13,25H,4,7-8,10H2,1-3H3,(H,21,26). The van der Waals surface area contributed by atoms with E-state index in [9.17, 15) is 9.90 Å². The second-order valence-electron chi connectivity index (χ2n) is 7.13. The molecular weight excluding hydrogens is 360 g/mol. The minimum absolute atomic E-state index is 0.0687. The number of amides is 1. The van der Waals surface area contributed by atoms with E-state index in [1.165, 1.54) is 0 Å². The number of fused-ring (bicyclic) bond motifs is 1. The first-order valence-electron chi connectivity index (χ1n) is 9.46. The smallest absolute Gasteiger partial charge is 0.287 e. The van der Waals surface area contributed by atoms with Crippen LogP contribution in [0.1, 0.15) is 53.5 Å². The molecule has 1 saturated carbocycles. The van der Waals surface area contributed by atoms with Crippen LogP contribution in [0.4, 0.5) is 0 Å². The molecule has 1 aromatic carbocycles. The Balaban J connectivity index is 1.44. The van der Waals surface area contributed by atoms with Crippen molar-refractivity contribution in [2.75, 3.05) is 7.11 Å². The summed E-state index contributed by atoms with van der Waals surface area (Å²) in [6.45, 7) is 4.48. The Morgan fingerprint density at radius 1 is 1.39 bits per heavy atom. The van der Waals surface area contributed by atoms with Crippen molar-refractivity contribution in [3.8, 4) is 5.75 Å². The molecule has 2 aromatic heterocycles. The minimum Gasteiger partial charge on any atom is -0.497 e. The second kappa shape index (κ2) is 7.27.